The molecule has 2 aromatic rings. The average molecular weight is 205 g/mol. The summed E-state index contributed by atoms with van der Waals surface area (Å²) in [6.45, 7) is 0. The quantitative estimate of drug-likeness (QED) is 0.697. The number of aromatic nitrogens is 3. The topological polar surface area (TPSA) is 47.8 Å². The Labute approximate surface area is 85.4 Å². The van der Waals surface area contributed by atoms with Crippen molar-refractivity contribution in [1.82, 2.24) is 14.8 Å². The van der Waals surface area contributed by atoms with Crippen LogP contribution in [0.4, 0.5) is 4.39 Å². The van der Waals surface area contributed by atoms with Gasteiger partial charge in [0.15, 0.2) is 12.1 Å². The van der Waals surface area contributed by atoms with E-state index in [1.807, 2.05) is 0 Å². The number of hydrogen-bond acceptors (Lipinski definition) is 3. The van der Waals surface area contributed by atoms with Crippen molar-refractivity contribution in [3.05, 3.63) is 35.9 Å². The maximum Gasteiger partial charge on any atom is 0.214 e. The zero-order valence-electron chi connectivity index (χ0n) is 8.01. The first-order valence-electron chi connectivity index (χ1n) is 4.33. The summed E-state index contributed by atoms with van der Waals surface area (Å²) >= 11 is 0. The molecule has 0 saturated carbocycles. The summed E-state index contributed by atoms with van der Waals surface area (Å²) in [5.74, 6) is 0.0106. The van der Waals surface area contributed by atoms with E-state index in [0.717, 1.165) is 0 Å². The minimum Gasteiger partial charge on any atom is -0.294 e. The van der Waals surface area contributed by atoms with E-state index < -0.39 is 0 Å². The lowest BCUT2D eigenvalue weighted by molar-refractivity contribution is 0.111. The molecule has 0 aliphatic carbocycles. The van der Waals surface area contributed by atoms with Gasteiger partial charge in [0.1, 0.15) is 5.82 Å². The van der Waals surface area contributed by atoms with Gasteiger partial charge in [-0.15, -0.1) is 5.10 Å². The molecule has 0 atom stereocenters. The van der Waals surface area contributed by atoms with Crippen molar-refractivity contribution in [1.29, 1.82) is 0 Å². The number of aldehydes is 1. The van der Waals surface area contributed by atoms with Gasteiger partial charge in [-0.2, -0.15) is 0 Å². The second kappa shape index (κ2) is 3.61. The molecule has 76 valence electrons. The Bertz CT molecular complexity index is 507. The molecular weight excluding hydrogens is 197 g/mol. The first kappa shape index (κ1) is 9.51. The molecule has 15 heavy (non-hydrogen) atoms. The van der Waals surface area contributed by atoms with E-state index in [1.165, 1.54) is 10.7 Å². The van der Waals surface area contributed by atoms with Gasteiger partial charge in [0.05, 0.1) is 5.56 Å². The third-order valence-electron chi connectivity index (χ3n) is 2.00. The molecule has 5 heteroatoms. The predicted molar refractivity (Wildman–Crippen MR) is 51.8 cm³/mol. The molecule has 0 aliphatic rings. The van der Waals surface area contributed by atoms with Gasteiger partial charge in [-0.25, -0.2) is 14.1 Å². The monoisotopic (exact) mass is 205 g/mol. The van der Waals surface area contributed by atoms with Gasteiger partial charge < -0.3 is 0 Å². The third kappa shape index (κ3) is 1.63. The van der Waals surface area contributed by atoms with Crippen molar-refractivity contribution in [2.75, 3.05) is 0 Å². The second-order valence-electron chi connectivity index (χ2n) is 3.01. The number of benzene rings is 1. The zero-order chi connectivity index (χ0) is 10.8. The number of rotatable bonds is 2. The third-order valence-corrected chi connectivity index (χ3v) is 2.00. The summed E-state index contributed by atoms with van der Waals surface area (Å²) in [7, 11) is 1.61. The molecule has 0 aliphatic heterocycles. The van der Waals surface area contributed by atoms with E-state index in [-0.39, 0.29) is 11.6 Å². The Hall–Kier alpha value is -2.04. The van der Waals surface area contributed by atoms with Crippen LogP contribution in [0.2, 0.25) is 0 Å². The summed E-state index contributed by atoms with van der Waals surface area (Å²) in [6, 6.07) is 6.22. The van der Waals surface area contributed by atoms with Crippen LogP contribution in [0.1, 0.15) is 10.6 Å². The Balaban J connectivity index is 2.58. The number of aryl methyl sites for hydroxylation is 1. The van der Waals surface area contributed by atoms with Gasteiger partial charge in [0.25, 0.3) is 0 Å². The van der Waals surface area contributed by atoms with E-state index in [0.29, 0.717) is 17.7 Å². The molecule has 0 bridgehead atoms. The highest BCUT2D eigenvalue weighted by molar-refractivity contribution is 5.70. The SMILES string of the molecule is Cn1nc(C=O)nc1-c1ccccc1F. The van der Waals surface area contributed by atoms with Gasteiger partial charge in [-0.3, -0.25) is 4.79 Å². The second-order valence-corrected chi connectivity index (χ2v) is 3.01. The fourth-order valence-electron chi connectivity index (χ4n) is 1.33. The molecule has 1 heterocycles. The van der Waals surface area contributed by atoms with E-state index in [1.54, 1.807) is 25.2 Å². The normalized spacial score (nSPS) is 10.3. The molecule has 0 amide bonds. The zero-order valence-corrected chi connectivity index (χ0v) is 8.01. The van der Waals surface area contributed by atoms with Crippen molar-refractivity contribution in [2.24, 2.45) is 7.05 Å². The molecule has 2 rings (SSSR count). The largest absolute Gasteiger partial charge is 0.294 e. The Morgan fingerprint density at radius 3 is 2.73 bits per heavy atom. The van der Waals surface area contributed by atoms with Crippen LogP contribution < -0.4 is 0 Å². The van der Waals surface area contributed by atoms with Crippen LogP contribution in [-0.2, 0) is 7.05 Å². The average Bonchev–Trinajstić information content (AvgIpc) is 2.60. The molecule has 0 spiro atoms. The maximum absolute atomic E-state index is 13.4. The minimum atomic E-state index is -0.384. The van der Waals surface area contributed by atoms with Gasteiger partial charge in [0, 0.05) is 7.05 Å². The fourth-order valence-corrected chi connectivity index (χ4v) is 1.33. The molecule has 0 radical (unpaired) electrons. The Morgan fingerprint density at radius 1 is 1.40 bits per heavy atom. The highest BCUT2D eigenvalue weighted by Gasteiger charge is 2.11. The highest BCUT2D eigenvalue weighted by Crippen LogP contribution is 2.19. The number of carbonyl (C=O) groups excluding carboxylic acids is 1. The maximum atomic E-state index is 13.4. The molecular formula is C10H8FN3O. The van der Waals surface area contributed by atoms with Gasteiger partial charge in [0.2, 0.25) is 5.82 Å². The molecule has 0 unspecified atom stereocenters. The van der Waals surface area contributed by atoms with E-state index in [2.05, 4.69) is 10.1 Å². The molecule has 0 saturated heterocycles. The highest BCUT2D eigenvalue weighted by atomic mass is 19.1. The number of halogens is 1. The van der Waals surface area contributed by atoms with Gasteiger partial charge in [-0.05, 0) is 12.1 Å². The molecule has 1 aromatic carbocycles. The first-order valence-corrected chi connectivity index (χ1v) is 4.33. The van der Waals surface area contributed by atoms with Gasteiger partial charge in [-0.1, -0.05) is 12.1 Å². The van der Waals surface area contributed by atoms with Crippen LogP contribution in [0, 0.1) is 5.82 Å². The van der Waals surface area contributed by atoms with Crippen molar-refractivity contribution >= 4 is 6.29 Å². The molecule has 0 N–H and O–H groups in total. The molecule has 0 fully saturated rings. The van der Waals surface area contributed by atoms with Crippen molar-refractivity contribution in [3.8, 4) is 11.4 Å². The van der Waals surface area contributed by atoms with Gasteiger partial charge >= 0.3 is 0 Å². The summed E-state index contributed by atoms with van der Waals surface area (Å²) in [6.07, 6.45) is 0.532. The van der Waals surface area contributed by atoms with Crippen LogP contribution in [0.5, 0.6) is 0 Å². The Morgan fingerprint density at radius 2 is 2.13 bits per heavy atom. The van der Waals surface area contributed by atoms with Crippen LogP contribution in [0.15, 0.2) is 24.3 Å². The van der Waals surface area contributed by atoms with Crippen molar-refractivity contribution in [3.63, 3.8) is 0 Å². The van der Waals surface area contributed by atoms with Crippen LogP contribution in [0.25, 0.3) is 11.4 Å². The summed E-state index contributed by atoms with van der Waals surface area (Å²) in [5.41, 5.74) is 0.334. The number of carbonyl (C=O) groups is 1. The Kier molecular flexibility index (Phi) is 2.29. The van der Waals surface area contributed by atoms with E-state index in [4.69, 9.17) is 0 Å². The number of nitrogens with zero attached hydrogens (tertiary/aromatic N) is 3. The lowest BCUT2D eigenvalue weighted by Gasteiger charge is -2.00. The summed E-state index contributed by atoms with van der Waals surface area (Å²) < 4.78 is 14.8. The molecule has 1 aromatic heterocycles. The number of hydrogen-bond donors (Lipinski definition) is 0. The minimum absolute atomic E-state index is 0.0516. The molecule has 4 nitrogen and oxygen atoms in total. The fraction of sp³-hybridized carbons (Fsp3) is 0.100. The standard InChI is InChI=1S/C10H8FN3O/c1-14-10(12-9(6-15)13-14)7-4-2-3-5-8(7)11/h2-6H,1H3. The summed E-state index contributed by atoms with van der Waals surface area (Å²) in [4.78, 5) is 14.4. The van der Waals surface area contributed by atoms with Crippen LogP contribution in [-0.4, -0.2) is 21.1 Å². The van der Waals surface area contributed by atoms with Crippen molar-refractivity contribution in [2.45, 2.75) is 0 Å². The smallest absolute Gasteiger partial charge is 0.214 e. The summed E-state index contributed by atoms with van der Waals surface area (Å²) in [5, 5.41) is 3.82. The van der Waals surface area contributed by atoms with Crippen LogP contribution >= 0.6 is 0 Å². The first-order chi connectivity index (χ1) is 7.22. The lowest BCUT2D eigenvalue weighted by atomic mass is 10.2. The lowest BCUT2D eigenvalue weighted by Crippen LogP contribution is -1.96. The van der Waals surface area contributed by atoms with E-state index in [9.17, 15) is 9.18 Å². The predicted octanol–water partition coefficient (Wildman–Crippen LogP) is 1.43. The van der Waals surface area contributed by atoms with Crippen LogP contribution in [0.3, 0.4) is 0 Å². The van der Waals surface area contributed by atoms with Crippen molar-refractivity contribution < 1.29 is 9.18 Å². The van der Waals surface area contributed by atoms with E-state index >= 15 is 0 Å².